The second kappa shape index (κ2) is 4.88. The van der Waals surface area contributed by atoms with Crippen molar-refractivity contribution in [3.8, 4) is 0 Å². The van der Waals surface area contributed by atoms with E-state index in [0.717, 1.165) is 6.07 Å². The third-order valence-corrected chi connectivity index (χ3v) is 5.39. The van der Waals surface area contributed by atoms with Crippen molar-refractivity contribution < 1.29 is 26.4 Å². The molecule has 0 spiro atoms. The Kier molecular flexibility index (Phi) is 3.74. The Morgan fingerprint density at radius 2 is 1.86 bits per heavy atom. The van der Waals surface area contributed by atoms with E-state index in [1.807, 2.05) is 0 Å². The highest BCUT2D eigenvalue weighted by Gasteiger charge is 2.53. The van der Waals surface area contributed by atoms with Gasteiger partial charge in [0, 0.05) is 6.42 Å². The van der Waals surface area contributed by atoms with Crippen molar-refractivity contribution in [3.63, 3.8) is 0 Å². The Balaban J connectivity index is 2.54. The van der Waals surface area contributed by atoms with Gasteiger partial charge in [-0.2, -0.15) is 0 Å². The summed E-state index contributed by atoms with van der Waals surface area (Å²) in [7, 11) is -4.96. The first-order valence-corrected chi connectivity index (χ1v) is 7.67. The summed E-state index contributed by atoms with van der Waals surface area (Å²) in [5.74, 6) is -2.82. The standard InChI is InChI=1S/C12H11ClF3NO3S/c1-11(2)6-9(17-20-11)21(18,19)12(13,16)10-7(14)4-3-5-8(10)15/h3-5H,6H2,1-2H3. The van der Waals surface area contributed by atoms with Gasteiger partial charge in [-0.3, -0.25) is 0 Å². The molecule has 0 N–H and O–H groups in total. The minimum Gasteiger partial charge on any atom is -0.389 e. The van der Waals surface area contributed by atoms with Gasteiger partial charge in [-0.05, 0) is 26.0 Å². The zero-order chi connectivity index (χ0) is 16.1. The van der Waals surface area contributed by atoms with Crippen LogP contribution in [0.4, 0.5) is 13.2 Å². The predicted molar refractivity (Wildman–Crippen MR) is 71.1 cm³/mol. The average molecular weight is 342 g/mol. The van der Waals surface area contributed by atoms with Gasteiger partial charge in [0.2, 0.25) is 9.84 Å². The Labute approximate surface area is 124 Å². The molecule has 0 bridgehead atoms. The number of hydrogen-bond donors (Lipinski definition) is 0. The number of oxime groups is 1. The van der Waals surface area contributed by atoms with Crippen molar-refractivity contribution in [3.05, 3.63) is 35.4 Å². The van der Waals surface area contributed by atoms with E-state index in [1.165, 1.54) is 13.8 Å². The maximum Gasteiger partial charge on any atom is 0.320 e. The van der Waals surface area contributed by atoms with Gasteiger partial charge in [0.05, 0.1) is 5.56 Å². The molecule has 116 valence electrons. The maximum atomic E-state index is 14.6. The van der Waals surface area contributed by atoms with Gasteiger partial charge < -0.3 is 4.84 Å². The fraction of sp³-hybridized carbons (Fsp3) is 0.417. The molecule has 1 heterocycles. The van der Waals surface area contributed by atoms with Crippen molar-refractivity contribution in [1.29, 1.82) is 0 Å². The molecule has 1 atom stereocenters. The van der Waals surface area contributed by atoms with E-state index < -0.39 is 42.1 Å². The van der Waals surface area contributed by atoms with E-state index >= 15 is 0 Å². The molecule has 0 radical (unpaired) electrons. The van der Waals surface area contributed by atoms with E-state index in [4.69, 9.17) is 16.4 Å². The summed E-state index contributed by atoms with van der Waals surface area (Å²) >= 11 is 5.37. The number of nitrogens with zero attached hydrogens (tertiary/aromatic N) is 1. The Morgan fingerprint density at radius 1 is 1.33 bits per heavy atom. The molecule has 1 aromatic rings. The fourth-order valence-corrected chi connectivity index (χ4v) is 3.69. The van der Waals surface area contributed by atoms with E-state index in [1.54, 1.807) is 0 Å². The van der Waals surface area contributed by atoms with Crippen LogP contribution in [0.3, 0.4) is 0 Å². The van der Waals surface area contributed by atoms with E-state index in [2.05, 4.69) is 5.16 Å². The first-order valence-electron chi connectivity index (χ1n) is 5.81. The minimum atomic E-state index is -4.96. The lowest BCUT2D eigenvalue weighted by molar-refractivity contribution is 0.0123. The fourth-order valence-electron chi connectivity index (χ4n) is 1.81. The number of alkyl halides is 2. The number of halogens is 4. The first-order chi connectivity index (χ1) is 9.49. The van der Waals surface area contributed by atoms with Crippen LogP contribution in [0.25, 0.3) is 0 Å². The monoisotopic (exact) mass is 341 g/mol. The van der Waals surface area contributed by atoms with Gasteiger partial charge in [-0.15, -0.1) is 0 Å². The Morgan fingerprint density at radius 3 is 2.29 bits per heavy atom. The molecule has 0 aromatic heterocycles. The molecule has 4 nitrogen and oxygen atoms in total. The molecule has 1 aliphatic heterocycles. The Hall–Kier alpha value is -1.28. The molecule has 0 aliphatic carbocycles. The number of rotatable bonds is 2. The molecule has 1 aromatic carbocycles. The minimum absolute atomic E-state index is 0.260. The highest BCUT2D eigenvalue weighted by molar-refractivity contribution is 8.08. The van der Waals surface area contributed by atoms with Crippen LogP contribution in [-0.4, -0.2) is 19.1 Å². The van der Waals surface area contributed by atoms with Gasteiger partial charge in [-0.25, -0.2) is 21.6 Å². The Bertz CT molecular complexity index is 696. The molecule has 1 unspecified atom stereocenters. The van der Waals surface area contributed by atoms with Gasteiger partial charge in [0.1, 0.15) is 17.2 Å². The third kappa shape index (κ3) is 2.62. The van der Waals surface area contributed by atoms with Crippen LogP contribution in [0, 0.1) is 11.6 Å². The summed E-state index contributed by atoms with van der Waals surface area (Å²) in [5.41, 5.74) is -2.36. The number of sulfone groups is 1. The molecule has 2 rings (SSSR count). The lowest BCUT2D eigenvalue weighted by atomic mass is 10.1. The summed E-state index contributed by atoms with van der Waals surface area (Å²) in [6, 6.07) is 2.39. The molecule has 0 saturated heterocycles. The molecule has 9 heteroatoms. The predicted octanol–water partition coefficient (Wildman–Crippen LogP) is 3.21. The normalized spacial score (nSPS) is 20.6. The van der Waals surface area contributed by atoms with Crippen LogP contribution in [0.2, 0.25) is 0 Å². The zero-order valence-corrected chi connectivity index (χ0v) is 12.6. The van der Waals surface area contributed by atoms with Crippen LogP contribution < -0.4 is 0 Å². The summed E-state index contributed by atoms with van der Waals surface area (Å²) < 4.78 is 62.4. The summed E-state index contributed by atoms with van der Waals surface area (Å²) in [4.78, 5) is 4.83. The van der Waals surface area contributed by atoms with Gasteiger partial charge >= 0.3 is 4.46 Å². The SMILES string of the molecule is CC1(C)CC(S(=O)(=O)C(F)(Cl)c2c(F)cccc2F)=NO1. The van der Waals surface area contributed by atoms with E-state index in [9.17, 15) is 21.6 Å². The summed E-state index contributed by atoms with van der Waals surface area (Å²) in [5, 5.41) is 2.57. The van der Waals surface area contributed by atoms with Crippen molar-refractivity contribution in [2.45, 2.75) is 30.3 Å². The summed E-state index contributed by atoms with van der Waals surface area (Å²) in [6.07, 6.45) is -0.260. The number of benzene rings is 1. The second-order valence-corrected chi connectivity index (χ2v) is 7.92. The van der Waals surface area contributed by atoms with Crippen LogP contribution in [-0.2, 0) is 19.1 Å². The van der Waals surface area contributed by atoms with Crippen molar-refractivity contribution in [1.82, 2.24) is 0 Å². The molecule has 21 heavy (non-hydrogen) atoms. The number of hydrogen-bond acceptors (Lipinski definition) is 4. The molecular weight excluding hydrogens is 331 g/mol. The van der Waals surface area contributed by atoms with Gasteiger partial charge in [-0.1, -0.05) is 22.8 Å². The topological polar surface area (TPSA) is 55.7 Å². The van der Waals surface area contributed by atoms with Crippen molar-refractivity contribution in [2.24, 2.45) is 5.16 Å². The highest BCUT2D eigenvalue weighted by atomic mass is 35.5. The highest BCUT2D eigenvalue weighted by Crippen LogP contribution is 2.43. The van der Waals surface area contributed by atoms with Crippen LogP contribution >= 0.6 is 11.6 Å². The average Bonchev–Trinajstić information content (AvgIpc) is 2.69. The maximum absolute atomic E-state index is 14.6. The smallest absolute Gasteiger partial charge is 0.320 e. The molecule has 0 saturated carbocycles. The van der Waals surface area contributed by atoms with Crippen LogP contribution in [0.5, 0.6) is 0 Å². The van der Waals surface area contributed by atoms with E-state index in [-0.39, 0.29) is 6.42 Å². The zero-order valence-electron chi connectivity index (χ0n) is 11.0. The molecular formula is C12H11ClF3NO3S. The van der Waals surface area contributed by atoms with Crippen LogP contribution in [0.1, 0.15) is 25.8 Å². The van der Waals surface area contributed by atoms with Crippen LogP contribution in [0.15, 0.2) is 23.4 Å². The van der Waals surface area contributed by atoms with Gasteiger partial charge in [0.15, 0.2) is 5.04 Å². The van der Waals surface area contributed by atoms with Crippen molar-refractivity contribution in [2.75, 3.05) is 0 Å². The lowest BCUT2D eigenvalue weighted by Crippen LogP contribution is -2.34. The van der Waals surface area contributed by atoms with Crippen molar-refractivity contribution >= 4 is 26.5 Å². The largest absolute Gasteiger partial charge is 0.389 e. The third-order valence-electron chi connectivity index (χ3n) is 2.87. The van der Waals surface area contributed by atoms with E-state index in [0.29, 0.717) is 12.1 Å². The first kappa shape index (κ1) is 16.1. The summed E-state index contributed by atoms with van der Waals surface area (Å²) in [6.45, 7) is 3.05. The lowest BCUT2D eigenvalue weighted by Gasteiger charge is -2.20. The molecule has 0 fully saturated rings. The molecule has 0 amide bonds. The molecule has 1 aliphatic rings. The quantitative estimate of drug-likeness (QED) is 0.776. The second-order valence-electron chi connectivity index (χ2n) is 5.13. The van der Waals surface area contributed by atoms with Gasteiger partial charge in [0.25, 0.3) is 0 Å².